The molecule has 0 aliphatic rings. The Labute approximate surface area is 69.3 Å². The number of amides is 1. The van der Waals surface area contributed by atoms with Gasteiger partial charge in [0.15, 0.2) is 0 Å². The van der Waals surface area contributed by atoms with E-state index in [9.17, 15) is 4.79 Å². The van der Waals surface area contributed by atoms with Crippen LogP contribution in [0.1, 0.15) is 22.2 Å². The van der Waals surface area contributed by atoms with E-state index < -0.39 is 0 Å². The van der Waals surface area contributed by atoms with Crippen molar-refractivity contribution in [2.24, 2.45) is 0 Å². The van der Waals surface area contributed by atoms with Gasteiger partial charge >= 0.3 is 0 Å². The predicted molar refractivity (Wildman–Crippen MR) is 50.5 cm³/mol. The first-order valence-electron chi connectivity index (χ1n) is 3.07. The minimum Gasteiger partial charge on any atom is -0.355 e. The van der Waals surface area contributed by atoms with E-state index in [0.29, 0.717) is 6.42 Å². The molecule has 0 heterocycles. The normalized spacial score (nSPS) is 8.20. The first-order valence-corrected chi connectivity index (χ1v) is 4.46. The molecule has 1 amide bonds. The molecule has 0 aromatic rings. The summed E-state index contributed by atoms with van der Waals surface area (Å²) in [6.07, 6.45) is 2.62. The summed E-state index contributed by atoms with van der Waals surface area (Å²) >= 11 is 1.74. The van der Waals surface area contributed by atoms with Gasteiger partial charge in [0.25, 0.3) is 0 Å². The fourth-order valence-electron chi connectivity index (χ4n) is 0.418. The van der Waals surface area contributed by atoms with Gasteiger partial charge < -0.3 is 5.32 Å². The molecule has 0 bridgehead atoms. The van der Waals surface area contributed by atoms with Crippen LogP contribution in [0.4, 0.5) is 0 Å². The van der Waals surface area contributed by atoms with E-state index in [1.54, 1.807) is 11.8 Å². The first-order chi connectivity index (χ1) is 4.31. The van der Waals surface area contributed by atoms with E-state index in [2.05, 4.69) is 5.32 Å². The first kappa shape index (κ1) is 12.5. The third-order valence-electron chi connectivity index (χ3n) is 0.949. The maximum absolute atomic E-state index is 10.6. The number of carbonyl (C=O) groups excluding carboxylic acids is 1. The lowest BCUT2D eigenvalue weighted by Crippen LogP contribution is -2.24. The van der Waals surface area contributed by atoms with Gasteiger partial charge in [-0.25, -0.2) is 0 Å². The van der Waals surface area contributed by atoms with Gasteiger partial charge in [-0.05, 0) is 6.26 Å². The molecule has 64 valence electrons. The van der Waals surface area contributed by atoms with Crippen molar-refractivity contribution >= 4 is 17.7 Å². The summed E-state index contributed by atoms with van der Waals surface area (Å²) < 4.78 is 0. The highest BCUT2D eigenvalue weighted by molar-refractivity contribution is 7.98. The Bertz CT molecular complexity index is 90.5. The molecule has 1 N–H and O–H groups in total. The molecule has 0 aliphatic heterocycles. The molecule has 0 aliphatic carbocycles. The Kier molecular flexibility index (Phi) is 11.0. The third kappa shape index (κ3) is 7.82. The standard InChI is InChI=1S/C6H13NOS.CH4.H2/c1-3-6(8)7-4-5-9-2;;/h3-5H2,1-2H3,(H,7,8);1H4;1H. The molecule has 2 nitrogen and oxygen atoms in total. The van der Waals surface area contributed by atoms with E-state index in [4.69, 9.17) is 0 Å². The van der Waals surface area contributed by atoms with Crippen LogP contribution in [0.15, 0.2) is 0 Å². The molecule has 0 unspecified atom stereocenters. The number of carbonyl (C=O) groups is 1. The highest BCUT2D eigenvalue weighted by atomic mass is 32.2. The van der Waals surface area contributed by atoms with Gasteiger partial charge in [-0.1, -0.05) is 14.4 Å². The Morgan fingerprint density at radius 1 is 1.70 bits per heavy atom. The van der Waals surface area contributed by atoms with Gasteiger partial charge in [-0.2, -0.15) is 11.8 Å². The summed E-state index contributed by atoms with van der Waals surface area (Å²) in [6.45, 7) is 2.66. The van der Waals surface area contributed by atoms with Crippen LogP contribution in [0.5, 0.6) is 0 Å². The average molecular weight is 165 g/mol. The zero-order valence-electron chi connectivity index (χ0n) is 5.94. The van der Waals surface area contributed by atoms with Gasteiger partial charge in [-0.3, -0.25) is 4.79 Å². The summed E-state index contributed by atoms with van der Waals surface area (Å²) in [6, 6.07) is 0. The Hall–Kier alpha value is -0.180. The zero-order valence-corrected chi connectivity index (χ0v) is 6.75. The van der Waals surface area contributed by atoms with Crippen molar-refractivity contribution in [1.82, 2.24) is 5.32 Å². The van der Waals surface area contributed by atoms with Crippen molar-refractivity contribution in [3.05, 3.63) is 0 Å². The summed E-state index contributed by atoms with van der Waals surface area (Å²) in [5, 5.41) is 2.77. The van der Waals surface area contributed by atoms with Crippen LogP contribution in [0.25, 0.3) is 0 Å². The molecule has 0 saturated carbocycles. The topological polar surface area (TPSA) is 29.1 Å². The average Bonchev–Trinajstić information content (AvgIpc) is 1.89. The number of nitrogens with one attached hydrogen (secondary N) is 1. The smallest absolute Gasteiger partial charge is 0.219 e. The molecule has 10 heavy (non-hydrogen) atoms. The minimum atomic E-state index is 0. The fourth-order valence-corrected chi connectivity index (χ4v) is 0.724. The Morgan fingerprint density at radius 2 is 2.30 bits per heavy atom. The SMILES string of the molecule is C.CCC(=O)NCCSC.[HH]. The fraction of sp³-hybridized carbons (Fsp3) is 0.857. The number of thioether (sulfide) groups is 1. The van der Waals surface area contributed by atoms with Crippen LogP contribution in [0.3, 0.4) is 0 Å². The molecule has 0 rings (SSSR count). The third-order valence-corrected chi connectivity index (χ3v) is 1.56. The second-order valence-corrected chi connectivity index (χ2v) is 2.68. The van der Waals surface area contributed by atoms with Crippen molar-refractivity contribution < 1.29 is 6.22 Å². The summed E-state index contributed by atoms with van der Waals surface area (Å²) in [4.78, 5) is 10.6. The quantitative estimate of drug-likeness (QED) is 0.643. The van der Waals surface area contributed by atoms with Crippen LogP contribution in [-0.2, 0) is 4.79 Å². The maximum Gasteiger partial charge on any atom is 0.219 e. The maximum atomic E-state index is 10.6. The number of hydrogen-bond acceptors (Lipinski definition) is 2. The van der Waals surface area contributed by atoms with Crippen LogP contribution in [-0.4, -0.2) is 24.5 Å². The highest BCUT2D eigenvalue weighted by Gasteiger charge is 1.92. The van der Waals surface area contributed by atoms with Crippen LogP contribution >= 0.6 is 11.8 Å². The van der Waals surface area contributed by atoms with E-state index in [-0.39, 0.29) is 14.8 Å². The second kappa shape index (κ2) is 8.82. The van der Waals surface area contributed by atoms with Gasteiger partial charge in [0, 0.05) is 20.1 Å². The van der Waals surface area contributed by atoms with Crippen molar-refractivity contribution in [2.75, 3.05) is 18.6 Å². The molecule has 0 saturated heterocycles. The lowest BCUT2D eigenvalue weighted by Gasteiger charge is -1.99. The van der Waals surface area contributed by atoms with Crippen molar-refractivity contribution in [3.63, 3.8) is 0 Å². The monoisotopic (exact) mass is 165 g/mol. The molecule has 0 spiro atoms. The molecule has 0 aromatic heterocycles. The van der Waals surface area contributed by atoms with E-state index in [1.165, 1.54) is 0 Å². The van der Waals surface area contributed by atoms with Gasteiger partial charge in [-0.15, -0.1) is 0 Å². The second-order valence-electron chi connectivity index (χ2n) is 1.70. The van der Waals surface area contributed by atoms with E-state index in [1.807, 2.05) is 13.2 Å². The van der Waals surface area contributed by atoms with Crippen LogP contribution in [0.2, 0.25) is 0 Å². The summed E-state index contributed by atoms with van der Waals surface area (Å²) in [5.74, 6) is 1.15. The summed E-state index contributed by atoms with van der Waals surface area (Å²) in [7, 11) is 0. The molecule has 0 radical (unpaired) electrons. The molecular weight excluding hydrogens is 146 g/mol. The molecular formula is C7H19NOS. The van der Waals surface area contributed by atoms with Gasteiger partial charge in [0.05, 0.1) is 0 Å². The summed E-state index contributed by atoms with van der Waals surface area (Å²) in [5.41, 5.74) is 0. The largest absolute Gasteiger partial charge is 0.355 e. The number of hydrogen-bond donors (Lipinski definition) is 1. The Morgan fingerprint density at radius 3 is 2.70 bits per heavy atom. The van der Waals surface area contributed by atoms with Crippen LogP contribution in [0, 0.1) is 0 Å². The van der Waals surface area contributed by atoms with Gasteiger partial charge in [0.2, 0.25) is 5.91 Å². The van der Waals surface area contributed by atoms with Crippen molar-refractivity contribution in [2.45, 2.75) is 20.8 Å². The molecule has 0 fully saturated rings. The van der Waals surface area contributed by atoms with Crippen molar-refractivity contribution in [1.29, 1.82) is 0 Å². The predicted octanol–water partition coefficient (Wildman–Crippen LogP) is 1.76. The molecule has 3 heteroatoms. The van der Waals surface area contributed by atoms with E-state index in [0.717, 1.165) is 12.3 Å². The highest BCUT2D eigenvalue weighted by Crippen LogP contribution is 1.87. The Balaban J connectivity index is -0.000000320. The lowest BCUT2D eigenvalue weighted by molar-refractivity contribution is -0.120. The molecule has 0 aromatic carbocycles. The zero-order chi connectivity index (χ0) is 7.11. The van der Waals surface area contributed by atoms with Crippen LogP contribution < -0.4 is 5.32 Å². The van der Waals surface area contributed by atoms with Gasteiger partial charge in [0.1, 0.15) is 0 Å². The number of rotatable bonds is 4. The van der Waals surface area contributed by atoms with E-state index >= 15 is 0 Å². The van der Waals surface area contributed by atoms with Crippen molar-refractivity contribution in [3.8, 4) is 0 Å². The molecule has 0 atom stereocenters. The minimum absolute atomic E-state index is 0. The lowest BCUT2D eigenvalue weighted by atomic mass is 10.4.